The molecule has 0 spiro atoms. The number of carboxylic acids is 1. The summed E-state index contributed by atoms with van der Waals surface area (Å²) in [5.74, 6) is 9.55. The molecular weight excluding hydrogens is 325 g/mol. The van der Waals surface area contributed by atoms with Crippen LogP contribution in [0.15, 0.2) is 60.1 Å². The van der Waals surface area contributed by atoms with E-state index in [1.54, 1.807) is 36.4 Å². The number of hydrazine groups is 1. The van der Waals surface area contributed by atoms with Gasteiger partial charge in [0.1, 0.15) is 11.6 Å². The number of benzene rings is 2. The number of carbonyl (C=O) groups is 1. The second-order valence-electron chi connectivity index (χ2n) is 4.93. The number of ether oxygens (including phenoxy) is 1. The van der Waals surface area contributed by atoms with Gasteiger partial charge in [-0.1, -0.05) is 30.0 Å². The van der Waals surface area contributed by atoms with Crippen molar-refractivity contribution in [2.45, 2.75) is 6.42 Å². The van der Waals surface area contributed by atoms with Crippen molar-refractivity contribution in [2.24, 2.45) is 11.6 Å². The van der Waals surface area contributed by atoms with E-state index >= 15 is 0 Å². The smallest absolute Gasteiger partial charge is 0.357 e. The Morgan fingerprint density at radius 3 is 2.60 bits per heavy atom. The second-order valence-corrected chi connectivity index (χ2v) is 4.93. The molecule has 0 heterocycles. The molecule has 6 nitrogen and oxygen atoms in total. The van der Waals surface area contributed by atoms with Gasteiger partial charge in [-0.25, -0.2) is 15.0 Å². The van der Waals surface area contributed by atoms with Gasteiger partial charge >= 0.3 is 5.97 Å². The first-order chi connectivity index (χ1) is 12.0. The van der Waals surface area contributed by atoms with E-state index in [4.69, 9.17) is 21.4 Å². The van der Waals surface area contributed by atoms with Crippen LogP contribution in [-0.2, 0) is 11.2 Å². The first-order valence-corrected chi connectivity index (χ1v) is 7.20. The molecular formula is C18H16FN3O3. The van der Waals surface area contributed by atoms with Crippen LogP contribution in [0.25, 0.3) is 0 Å². The maximum absolute atomic E-state index is 12.8. The van der Waals surface area contributed by atoms with E-state index in [1.807, 2.05) is 0 Å². The maximum atomic E-state index is 12.8. The van der Waals surface area contributed by atoms with Crippen LogP contribution in [0.4, 0.5) is 4.39 Å². The monoisotopic (exact) mass is 341 g/mol. The Hall–Kier alpha value is -3.50. The predicted octanol–water partition coefficient (Wildman–Crippen LogP) is 1.47. The summed E-state index contributed by atoms with van der Waals surface area (Å²) in [7, 11) is 0. The topological polar surface area (TPSA) is 111 Å². The van der Waals surface area contributed by atoms with Crippen LogP contribution in [0.1, 0.15) is 11.1 Å². The lowest BCUT2D eigenvalue weighted by Gasteiger charge is -2.10. The van der Waals surface area contributed by atoms with Gasteiger partial charge in [0.25, 0.3) is 0 Å². The predicted molar refractivity (Wildman–Crippen MR) is 90.2 cm³/mol. The number of rotatable bonds is 5. The Morgan fingerprint density at radius 2 is 1.96 bits per heavy atom. The molecule has 0 radical (unpaired) electrons. The molecule has 0 fully saturated rings. The molecule has 0 saturated carbocycles. The molecule has 7 heteroatoms. The Morgan fingerprint density at radius 1 is 1.24 bits per heavy atom. The summed E-state index contributed by atoms with van der Waals surface area (Å²) in [5.41, 5.74) is 8.48. The molecule has 2 aromatic carbocycles. The van der Waals surface area contributed by atoms with E-state index in [9.17, 15) is 9.18 Å². The Balaban J connectivity index is 2.11. The average molecular weight is 341 g/mol. The van der Waals surface area contributed by atoms with Gasteiger partial charge in [0.2, 0.25) is 5.88 Å². The lowest BCUT2D eigenvalue weighted by molar-refractivity contribution is -0.132. The molecule has 2 rings (SSSR count). The first-order valence-electron chi connectivity index (χ1n) is 7.20. The number of nitrogens with two attached hydrogens (primary N) is 2. The van der Waals surface area contributed by atoms with Crippen LogP contribution in [0.3, 0.4) is 0 Å². The molecule has 0 saturated heterocycles. The minimum atomic E-state index is -1.36. The zero-order chi connectivity index (χ0) is 18.2. The number of halogens is 1. The maximum Gasteiger partial charge on any atom is 0.357 e. The van der Waals surface area contributed by atoms with Crippen molar-refractivity contribution < 1.29 is 19.0 Å². The standard InChI is InChI=1S/C18H16FN3O3/c19-14-9-7-12(8-10-14)3-1-4-13-5-2-6-15(11-13)25-17(22-21)16(20)18(23)24/h2,5-11,22H,3,20-21H2,(H,23,24)/b17-16+. The third-order valence-electron chi connectivity index (χ3n) is 3.10. The van der Waals surface area contributed by atoms with Crippen molar-refractivity contribution >= 4 is 5.97 Å². The molecule has 0 aliphatic heterocycles. The van der Waals surface area contributed by atoms with Crippen molar-refractivity contribution in [1.29, 1.82) is 0 Å². The van der Waals surface area contributed by atoms with Gasteiger partial charge in [-0.15, -0.1) is 0 Å². The van der Waals surface area contributed by atoms with E-state index in [0.29, 0.717) is 17.7 Å². The number of hydrogen-bond acceptors (Lipinski definition) is 5. The van der Waals surface area contributed by atoms with Crippen molar-refractivity contribution in [3.8, 4) is 17.6 Å². The molecule has 0 bridgehead atoms. The molecule has 0 aliphatic rings. The van der Waals surface area contributed by atoms with Gasteiger partial charge in [-0.3, -0.25) is 5.43 Å². The van der Waals surface area contributed by atoms with Gasteiger partial charge in [0.15, 0.2) is 5.70 Å². The average Bonchev–Trinajstić information content (AvgIpc) is 2.61. The zero-order valence-corrected chi connectivity index (χ0v) is 13.1. The quantitative estimate of drug-likeness (QED) is 0.216. The fraction of sp³-hybridized carbons (Fsp3) is 0.0556. The lowest BCUT2D eigenvalue weighted by atomic mass is 10.1. The van der Waals surface area contributed by atoms with Crippen LogP contribution < -0.4 is 21.7 Å². The zero-order valence-electron chi connectivity index (χ0n) is 13.1. The van der Waals surface area contributed by atoms with E-state index in [2.05, 4.69) is 17.3 Å². The Kier molecular flexibility index (Phi) is 5.98. The molecule has 0 aromatic heterocycles. The number of aliphatic carboxylic acids is 1. The van der Waals surface area contributed by atoms with Crippen LogP contribution in [0, 0.1) is 17.7 Å². The summed E-state index contributed by atoms with van der Waals surface area (Å²) in [5, 5.41) is 8.85. The van der Waals surface area contributed by atoms with Crippen molar-refractivity contribution in [3.63, 3.8) is 0 Å². The lowest BCUT2D eigenvalue weighted by Crippen LogP contribution is -2.31. The molecule has 2 aromatic rings. The third-order valence-corrected chi connectivity index (χ3v) is 3.10. The first kappa shape index (κ1) is 17.8. The highest BCUT2D eigenvalue weighted by atomic mass is 19.1. The summed E-state index contributed by atoms with van der Waals surface area (Å²) >= 11 is 0. The van der Waals surface area contributed by atoms with E-state index in [-0.39, 0.29) is 11.7 Å². The summed E-state index contributed by atoms with van der Waals surface area (Å²) in [4.78, 5) is 10.8. The number of hydrogen-bond donors (Lipinski definition) is 4. The summed E-state index contributed by atoms with van der Waals surface area (Å²) in [6.45, 7) is 0. The number of nitrogens with one attached hydrogen (secondary N) is 1. The molecule has 128 valence electrons. The summed E-state index contributed by atoms with van der Waals surface area (Å²) in [6.07, 6.45) is 0.465. The van der Waals surface area contributed by atoms with Crippen molar-refractivity contribution in [2.75, 3.05) is 0 Å². The molecule has 25 heavy (non-hydrogen) atoms. The molecule has 6 N–H and O–H groups in total. The third kappa shape index (κ3) is 5.27. The van der Waals surface area contributed by atoms with Gasteiger partial charge in [0.05, 0.1) is 0 Å². The Labute approximate surface area is 143 Å². The van der Waals surface area contributed by atoms with Gasteiger partial charge < -0.3 is 15.6 Å². The summed E-state index contributed by atoms with van der Waals surface area (Å²) < 4.78 is 18.2. The van der Waals surface area contributed by atoms with E-state index in [1.165, 1.54) is 12.1 Å². The van der Waals surface area contributed by atoms with Crippen LogP contribution >= 0.6 is 0 Å². The van der Waals surface area contributed by atoms with E-state index in [0.717, 1.165) is 5.56 Å². The molecule has 0 amide bonds. The van der Waals surface area contributed by atoms with Gasteiger partial charge in [-0.05, 0) is 35.9 Å². The van der Waals surface area contributed by atoms with Crippen LogP contribution in [0.2, 0.25) is 0 Å². The SMILES string of the molecule is NN/C(Oc1cccc(C#CCc2ccc(F)cc2)c1)=C(\N)C(=O)O. The molecule has 0 aliphatic carbocycles. The molecule has 0 atom stereocenters. The minimum absolute atomic E-state index is 0.274. The van der Waals surface area contributed by atoms with E-state index < -0.39 is 11.7 Å². The van der Waals surface area contributed by atoms with Crippen LogP contribution in [0.5, 0.6) is 5.75 Å². The van der Waals surface area contributed by atoms with Gasteiger partial charge in [-0.2, -0.15) is 0 Å². The second kappa shape index (κ2) is 8.38. The molecule has 0 unspecified atom stereocenters. The summed E-state index contributed by atoms with van der Waals surface area (Å²) in [6, 6.07) is 12.8. The highest BCUT2D eigenvalue weighted by molar-refractivity contribution is 5.85. The fourth-order valence-corrected chi connectivity index (χ4v) is 1.87. The normalized spacial score (nSPS) is 11.0. The largest absolute Gasteiger partial charge is 0.476 e. The number of carboxylic acid groups (broad SMARTS) is 1. The minimum Gasteiger partial charge on any atom is -0.476 e. The highest BCUT2D eigenvalue weighted by Gasteiger charge is 2.12. The fourth-order valence-electron chi connectivity index (χ4n) is 1.87. The van der Waals surface area contributed by atoms with Crippen molar-refractivity contribution in [3.05, 3.63) is 77.1 Å². The Bertz CT molecular complexity index is 852. The highest BCUT2D eigenvalue weighted by Crippen LogP contribution is 2.15. The van der Waals surface area contributed by atoms with Crippen molar-refractivity contribution in [1.82, 2.24) is 5.43 Å². The van der Waals surface area contributed by atoms with Crippen LogP contribution in [-0.4, -0.2) is 11.1 Å². The van der Waals surface area contributed by atoms with Gasteiger partial charge in [0, 0.05) is 12.0 Å².